The number of benzene rings is 1. The first-order chi connectivity index (χ1) is 7.99. The van der Waals surface area contributed by atoms with Gasteiger partial charge in [0.15, 0.2) is 6.10 Å². The standard InChI is InChI=1S/C11H14N2O4/c1-13(11(12)16)8-6-4-3-5-7(8)9(14)10(15)17-2/h3-6,9,14H,1-2H3,(H2,12,16). The molecular weight excluding hydrogens is 224 g/mol. The fourth-order valence-corrected chi connectivity index (χ4v) is 1.38. The third kappa shape index (κ3) is 2.73. The van der Waals surface area contributed by atoms with Crippen LogP contribution in [0.1, 0.15) is 11.7 Å². The van der Waals surface area contributed by atoms with E-state index in [4.69, 9.17) is 5.73 Å². The van der Waals surface area contributed by atoms with Crippen LogP contribution >= 0.6 is 0 Å². The van der Waals surface area contributed by atoms with E-state index in [2.05, 4.69) is 4.74 Å². The van der Waals surface area contributed by atoms with Crippen molar-refractivity contribution in [2.75, 3.05) is 19.1 Å². The molecule has 92 valence electrons. The Morgan fingerprint density at radius 2 is 2.00 bits per heavy atom. The zero-order chi connectivity index (χ0) is 13.0. The van der Waals surface area contributed by atoms with Crippen molar-refractivity contribution in [2.45, 2.75) is 6.10 Å². The van der Waals surface area contributed by atoms with Crippen LogP contribution in [-0.4, -0.2) is 31.3 Å². The van der Waals surface area contributed by atoms with Crippen LogP contribution in [0.15, 0.2) is 24.3 Å². The van der Waals surface area contributed by atoms with Crippen molar-refractivity contribution in [1.82, 2.24) is 0 Å². The Hall–Kier alpha value is -2.08. The van der Waals surface area contributed by atoms with Gasteiger partial charge in [0, 0.05) is 12.6 Å². The lowest BCUT2D eigenvalue weighted by Crippen LogP contribution is -2.33. The number of anilines is 1. The minimum absolute atomic E-state index is 0.264. The van der Waals surface area contributed by atoms with E-state index in [0.29, 0.717) is 5.69 Å². The van der Waals surface area contributed by atoms with Crippen LogP contribution in [0.4, 0.5) is 10.5 Å². The molecule has 0 aliphatic heterocycles. The predicted molar refractivity (Wildman–Crippen MR) is 61.4 cm³/mol. The van der Waals surface area contributed by atoms with E-state index in [0.717, 1.165) is 4.90 Å². The molecule has 0 spiro atoms. The molecule has 0 saturated carbocycles. The zero-order valence-electron chi connectivity index (χ0n) is 9.58. The molecule has 6 heteroatoms. The van der Waals surface area contributed by atoms with Gasteiger partial charge in [0.1, 0.15) is 0 Å². The molecule has 0 heterocycles. The second-order valence-corrected chi connectivity index (χ2v) is 3.38. The van der Waals surface area contributed by atoms with E-state index in [1.165, 1.54) is 20.2 Å². The van der Waals surface area contributed by atoms with Gasteiger partial charge in [-0.1, -0.05) is 18.2 Å². The van der Waals surface area contributed by atoms with Crippen molar-refractivity contribution in [1.29, 1.82) is 0 Å². The summed E-state index contributed by atoms with van der Waals surface area (Å²) in [6, 6.07) is 5.72. The third-order valence-electron chi connectivity index (χ3n) is 2.35. The summed E-state index contributed by atoms with van der Waals surface area (Å²) < 4.78 is 4.44. The first kappa shape index (κ1) is 13.0. The predicted octanol–water partition coefficient (Wildman–Crippen LogP) is 0.408. The normalized spacial score (nSPS) is 11.7. The summed E-state index contributed by atoms with van der Waals surface area (Å²) in [4.78, 5) is 23.5. The monoisotopic (exact) mass is 238 g/mol. The molecule has 0 radical (unpaired) electrons. The molecule has 0 aliphatic rings. The van der Waals surface area contributed by atoms with Gasteiger partial charge in [0.25, 0.3) is 0 Å². The van der Waals surface area contributed by atoms with Crippen LogP contribution in [0.5, 0.6) is 0 Å². The molecule has 0 saturated heterocycles. The molecule has 6 nitrogen and oxygen atoms in total. The van der Waals surface area contributed by atoms with Gasteiger partial charge in [-0.2, -0.15) is 0 Å². The highest BCUT2D eigenvalue weighted by Crippen LogP contribution is 2.26. The summed E-state index contributed by atoms with van der Waals surface area (Å²) in [7, 11) is 2.62. The molecular formula is C11H14N2O4. The highest BCUT2D eigenvalue weighted by molar-refractivity contribution is 5.92. The number of nitrogens with two attached hydrogens (primary N) is 1. The molecule has 0 bridgehead atoms. The number of methoxy groups -OCH3 is 1. The van der Waals surface area contributed by atoms with E-state index in [9.17, 15) is 14.7 Å². The number of carbonyl (C=O) groups excluding carboxylic acids is 2. The number of amides is 2. The second-order valence-electron chi connectivity index (χ2n) is 3.38. The number of carbonyl (C=O) groups is 2. The smallest absolute Gasteiger partial charge is 0.339 e. The van der Waals surface area contributed by atoms with E-state index >= 15 is 0 Å². The first-order valence-electron chi connectivity index (χ1n) is 4.87. The van der Waals surface area contributed by atoms with Crippen LogP contribution < -0.4 is 10.6 Å². The Kier molecular flexibility index (Phi) is 4.06. The van der Waals surface area contributed by atoms with Crippen LogP contribution in [-0.2, 0) is 9.53 Å². The van der Waals surface area contributed by atoms with Gasteiger partial charge in [0.05, 0.1) is 12.8 Å². The Morgan fingerprint density at radius 1 is 1.41 bits per heavy atom. The lowest BCUT2D eigenvalue weighted by Gasteiger charge is -2.20. The minimum Gasteiger partial charge on any atom is -0.467 e. The topological polar surface area (TPSA) is 92.9 Å². The molecule has 0 fully saturated rings. The molecule has 1 unspecified atom stereocenters. The molecule has 1 aromatic rings. The highest BCUT2D eigenvalue weighted by Gasteiger charge is 2.23. The van der Waals surface area contributed by atoms with Crippen LogP contribution in [0.3, 0.4) is 0 Å². The second kappa shape index (κ2) is 5.31. The molecule has 1 aromatic carbocycles. The maximum Gasteiger partial charge on any atom is 0.339 e. The van der Waals surface area contributed by atoms with E-state index in [1.807, 2.05) is 0 Å². The van der Waals surface area contributed by atoms with Crippen LogP contribution in [0.2, 0.25) is 0 Å². The fraction of sp³-hybridized carbons (Fsp3) is 0.273. The number of hydrogen-bond acceptors (Lipinski definition) is 4. The maximum atomic E-state index is 11.2. The van der Waals surface area contributed by atoms with E-state index in [-0.39, 0.29) is 5.56 Å². The number of ether oxygens (including phenoxy) is 1. The largest absolute Gasteiger partial charge is 0.467 e. The Labute approximate surface area is 98.6 Å². The van der Waals surface area contributed by atoms with E-state index in [1.54, 1.807) is 18.2 Å². The highest BCUT2D eigenvalue weighted by atomic mass is 16.5. The molecule has 2 amide bonds. The van der Waals surface area contributed by atoms with Crippen molar-refractivity contribution in [3.05, 3.63) is 29.8 Å². The number of para-hydroxylation sites is 1. The molecule has 0 aromatic heterocycles. The van der Waals surface area contributed by atoms with Crippen molar-refractivity contribution in [3.63, 3.8) is 0 Å². The van der Waals surface area contributed by atoms with Gasteiger partial charge in [-0.25, -0.2) is 9.59 Å². The van der Waals surface area contributed by atoms with Crippen molar-refractivity contribution in [3.8, 4) is 0 Å². The minimum atomic E-state index is -1.45. The van der Waals surface area contributed by atoms with E-state index < -0.39 is 18.1 Å². The molecule has 1 rings (SSSR count). The average Bonchev–Trinajstić information content (AvgIpc) is 2.35. The van der Waals surface area contributed by atoms with Crippen molar-refractivity contribution in [2.24, 2.45) is 5.73 Å². The van der Waals surface area contributed by atoms with Gasteiger partial charge >= 0.3 is 12.0 Å². The third-order valence-corrected chi connectivity index (χ3v) is 2.35. The number of hydrogen-bond donors (Lipinski definition) is 2. The van der Waals surface area contributed by atoms with Crippen LogP contribution in [0, 0.1) is 0 Å². The van der Waals surface area contributed by atoms with Gasteiger partial charge in [-0.3, -0.25) is 4.90 Å². The molecule has 17 heavy (non-hydrogen) atoms. The number of rotatable bonds is 3. The van der Waals surface area contributed by atoms with Crippen molar-refractivity contribution < 1.29 is 19.4 Å². The Balaban J connectivity index is 3.16. The number of nitrogens with zero attached hydrogens (tertiary/aromatic N) is 1. The quantitative estimate of drug-likeness (QED) is 0.746. The average molecular weight is 238 g/mol. The maximum absolute atomic E-state index is 11.2. The summed E-state index contributed by atoms with van der Waals surface area (Å²) in [6.45, 7) is 0. The molecule has 3 N–H and O–H groups in total. The zero-order valence-corrected chi connectivity index (χ0v) is 9.58. The number of aliphatic hydroxyl groups is 1. The number of primary amides is 1. The Bertz CT molecular complexity index is 433. The van der Waals surface area contributed by atoms with Gasteiger partial charge in [-0.15, -0.1) is 0 Å². The van der Waals surface area contributed by atoms with Gasteiger partial charge in [-0.05, 0) is 6.07 Å². The number of esters is 1. The summed E-state index contributed by atoms with van der Waals surface area (Å²) >= 11 is 0. The summed E-state index contributed by atoms with van der Waals surface area (Å²) in [5.41, 5.74) is 5.76. The lowest BCUT2D eigenvalue weighted by molar-refractivity contribution is -0.150. The summed E-state index contributed by atoms with van der Waals surface area (Å²) in [5, 5.41) is 9.75. The molecule has 1 atom stereocenters. The van der Waals surface area contributed by atoms with Gasteiger partial charge in [0.2, 0.25) is 0 Å². The fourth-order valence-electron chi connectivity index (χ4n) is 1.38. The van der Waals surface area contributed by atoms with Crippen molar-refractivity contribution >= 4 is 17.7 Å². The van der Waals surface area contributed by atoms with Crippen LogP contribution in [0.25, 0.3) is 0 Å². The number of urea groups is 1. The summed E-state index contributed by atoms with van der Waals surface area (Å²) in [5.74, 6) is -0.796. The first-order valence-corrected chi connectivity index (χ1v) is 4.87. The summed E-state index contributed by atoms with van der Waals surface area (Å²) in [6.07, 6.45) is -1.45. The van der Waals surface area contributed by atoms with Gasteiger partial charge < -0.3 is 15.6 Å². The Morgan fingerprint density at radius 3 is 2.53 bits per heavy atom. The molecule has 0 aliphatic carbocycles. The SMILES string of the molecule is COC(=O)C(O)c1ccccc1N(C)C(N)=O. The number of aliphatic hydroxyl groups excluding tert-OH is 1. The lowest BCUT2D eigenvalue weighted by atomic mass is 10.1.